The Kier molecular flexibility index (Phi) is 3.94. The number of benzene rings is 3. The Hall–Kier alpha value is -3.55. The Morgan fingerprint density at radius 3 is 2.72 bits per heavy atom. The lowest BCUT2D eigenvalue weighted by atomic mass is 9.81. The topological polar surface area (TPSA) is 71.9 Å². The van der Waals surface area contributed by atoms with E-state index in [9.17, 15) is 5.26 Å². The van der Waals surface area contributed by atoms with E-state index in [0.717, 1.165) is 38.4 Å². The highest BCUT2D eigenvalue weighted by Crippen LogP contribution is 2.47. The molecule has 3 aromatic carbocycles. The fourth-order valence-electron chi connectivity index (χ4n) is 4.04. The number of aromatic nitrogens is 1. The number of halogens is 1. The highest BCUT2D eigenvalue weighted by Gasteiger charge is 2.34. The van der Waals surface area contributed by atoms with Gasteiger partial charge in [-0.25, -0.2) is 4.98 Å². The van der Waals surface area contributed by atoms with Crippen molar-refractivity contribution in [1.29, 1.82) is 5.26 Å². The molecule has 0 saturated carbocycles. The van der Waals surface area contributed by atoms with Crippen LogP contribution in [0, 0.1) is 18.3 Å². The molecule has 29 heavy (non-hydrogen) atoms. The van der Waals surface area contributed by atoms with Gasteiger partial charge in [0.05, 0.1) is 11.4 Å². The first-order valence-corrected chi connectivity index (χ1v) is 9.60. The van der Waals surface area contributed by atoms with Crippen molar-refractivity contribution in [3.63, 3.8) is 0 Å². The van der Waals surface area contributed by atoms with E-state index in [1.54, 1.807) is 0 Å². The predicted octanol–water partition coefficient (Wildman–Crippen LogP) is 5.57. The Morgan fingerprint density at radius 2 is 1.90 bits per heavy atom. The zero-order valence-electron chi connectivity index (χ0n) is 15.6. The Morgan fingerprint density at radius 1 is 1.07 bits per heavy atom. The van der Waals surface area contributed by atoms with E-state index in [1.165, 1.54) is 0 Å². The molecule has 4 aromatic rings. The van der Waals surface area contributed by atoms with Crippen molar-refractivity contribution in [3.05, 3.63) is 94.0 Å². The van der Waals surface area contributed by atoms with E-state index >= 15 is 0 Å². The van der Waals surface area contributed by atoms with Gasteiger partial charge in [-0.2, -0.15) is 5.26 Å². The first kappa shape index (κ1) is 17.5. The van der Waals surface area contributed by atoms with Crippen LogP contribution in [-0.4, -0.2) is 4.98 Å². The number of rotatable bonds is 1. The summed E-state index contributed by atoms with van der Waals surface area (Å²) in [5.74, 6) is 0.269. The molecule has 1 unspecified atom stereocenters. The van der Waals surface area contributed by atoms with E-state index in [2.05, 4.69) is 17.1 Å². The SMILES string of the molecule is Cc1ccc2nc(Cl)c(C3C(C#N)=C(N)Oc4ccc5ccccc5c43)cc2c1. The van der Waals surface area contributed by atoms with Crippen molar-refractivity contribution >= 4 is 33.3 Å². The number of nitrogens with zero attached hydrogens (tertiary/aromatic N) is 2. The minimum atomic E-state index is -0.459. The summed E-state index contributed by atoms with van der Waals surface area (Å²) in [5.41, 5.74) is 10.0. The molecule has 0 spiro atoms. The third kappa shape index (κ3) is 2.71. The summed E-state index contributed by atoms with van der Waals surface area (Å²) >= 11 is 6.64. The summed E-state index contributed by atoms with van der Waals surface area (Å²) in [4.78, 5) is 4.59. The zero-order valence-corrected chi connectivity index (χ0v) is 16.4. The molecule has 4 nitrogen and oxygen atoms in total. The van der Waals surface area contributed by atoms with Gasteiger partial charge < -0.3 is 10.5 Å². The average molecular weight is 398 g/mol. The average Bonchev–Trinajstić information content (AvgIpc) is 2.72. The van der Waals surface area contributed by atoms with Crippen LogP contribution in [0.5, 0.6) is 5.75 Å². The molecular formula is C24H16ClN3O. The molecule has 1 aromatic heterocycles. The smallest absolute Gasteiger partial charge is 0.205 e. The van der Waals surface area contributed by atoms with Crippen molar-refractivity contribution < 1.29 is 4.74 Å². The normalized spacial score (nSPS) is 15.8. The van der Waals surface area contributed by atoms with Gasteiger partial charge in [0.25, 0.3) is 0 Å². The maximum Gasteiger partial charge on any atom is 0.205 e. The van der Waals surface area contributed by atoms with Crippen LogP contribution in [0.1, 0.15) is 22.6 Å². The van der Waals surface area contributed by atoms with Gasteiger partial charge >= 0.3 is 0 Å². The first-order chi connectivity index (χ1) is 14.1. The van der Waals surface area contributed by atoms with E-state index in [1.807, 2.05) is 61.5 Å². The number of fused-ring (bicyclic) bond motifs is 4. The zero-order chi connectivity index (χ0) is 20.1. The minimum absolute atomic E-state index is 0.0979. The number of hydrogen-bond donors (Lipinski definition) is 1. The van der Waals surface area contributed by atoms with Crippen LogP contribution in [0.2, 0.25) is 5.15 Å². The second-order valence-corrected chi connectivity index (χ2v) is 7.55. The molecule has 1 aliphatic heterocycles. The van der Waals surface area contributed by atoms with Gasteiger partial charge in [-0.1, -0.05) is 53.6 Å². The summed E-state index contributed by atoms with van der Waals surface area (Å²) in [6.07, 6.45) is 0. The largest absolute Gasteiger partial charge is 0.440 e. The fourth-order valence-corrected chi connectivity index (χ4v) is 4.30. The Bertz CT molecular complexity index is 1380. The van der Waals surface area contributed by atoms with Crippen LogP contribution >= 0.6 is 11.6 Å². The van der Waals surface area contributed by atoms with Crippen molar-refractivity contribution in [2.45, 2.75) is 12.8 Å². The van der Waals surface area contributed by atoms with Crippen molar-refractivity contribution in [1.82, 2.24) is 4.98 Å². The monoisotopic (exact) mass is 397 g/mol. The third-order valence-electron chi connectivity index (χ3n) is 5.38. The summed E-state index contributed by atoms with van der Waals surface area (Å²) in [6, 6.07) is 22.1. The quantitative estimate of drug-likeness (QED) is 0.426. The maximum absolute atomic E-state index is 9.91. The van der Waals surface area contributed by atoms with Gasteiger partial charge in [-0.05, 0) is 42.0 Å². The second kappa shape index (κ2) is 6.51. The molecule has 0 bridgehead atoms. The van der Waals surface area contributed by atoms with Crippen LogP contribution in [0.3, 0.4) is 0 Å². The van der Waals surface area contributed by atoms with Gasteiger partial charge in [0, 0.05) is 16.5 Å². The molecule has 2 heterocycles. The standard InChI is InChI=1S/C24H16ClN3O/c1-13-6-8-19-15(10-13)11-17(23(25)28-19)21-18(12-26)24(27)29-20-9-7-14-4-2-3-5-16(14)22(20)21/h2-11,21H,27H2,1H3. The van der Waals surface area contributed by atoms with Gasteiger partial charge in [0.2, 0.25) is 5.88 Å². The van der Waals surface area contributed by atoms with Crippen LogP contribution in [-0.2, 0) is 0 Å². The molecule has 5 heteroatoms. The fraction of sp³-hybridized carbons (Fsp3) is 0.0833. The molecule has 1 aliphatic rings. The van der Waals surface area contributed by atoms with Gasteiger partial charge in [-0.15, -0.1) is 0 Å². The molecule has 140 valence electrons. The molecule has 5 rings (SSSR count). The molecule has 2 N–H and O–H groups in total. The molecule has 0 aliphatic carbocycles. The number of allylic oxidation sites excluding steroid dienone is 1. The summed E-state index contributed by atoms with van der Waals surface area (Å²) in [6.45, 7) is 2.03. The lowest BCUT2D eigenvalue weighted by molar-refractivity contribution is 0.395. The first-order valence-electron chi connectivity index (χ1n) is 9.23. The summed E-state index contributed by atoms with van der Waals surface area (Å²) in [5, 5.41) is 13.3. The van der Waals surface area contributed by atoms with E-state index in [-0.39, 0.29) is 5.88 Å². The van der Waals surface area contributed by atoms with Gasteiger partial charge in [-0.3, -0.25) is 0 Å². The highest BCUT2D eigenvalue weighted by atomic mass is 35.5. The second-order valence-electron chi connectivity index (χ2n) is 7.19. The van der Waals surface area contributed by atoms with Crippen LogP contribution in [0.25, 0.3) is 21.7 Å². The lowest BCUT2D eigenvalue weighted by Gasteiger charge is -2.28. The Labute approximate surface area is 172 Å². The number of nitrogens with two attached hydrogens (primary N) is 1. The van der Waals surface area contributed by atoms with Gasteiger partial charge in [0.1, 0.15) is 22.5 Å². The van der Waals surface area contributed by atoms with Crippen molar-refractivity contribution in [2.24, 2.45) is 5.73 Å². The number of aryl methyl sites for hydroxylation is 1. The van der Waals surface area contributed by atoms with Crippen LogP contribution in [0.15, 0.2) is 72.1 Å². The van der Waals surface area contributed by atoms with Gasteiger partial charge in [0.15, 0.2) is 0 Å². The van der Waals surface area contributed by atoms with Crippen LogP contribution < -0.4 is 10.5 Å². The molecular weight excluding hydrogens is 382 g/mol. The number of hydrogen-bond acceptors (Lipinski definition) is 4. The van der Waals surface area contributed by atoms with E-state index in [0.29, 0.717) is 16.5 Å². The number of pyridine rings is 1. The van der Waals surface area contributed by atoms with E-state index < -0.39 is 5.92 Å². The molecule has 0 amide bonds. The van der Waals surface area contributed by atoms with Crippen molar-refractivity contribution in [3.8, 4) is 11.8 Å². The number of ether oxygens (including phenoxy) is 1. The predicted molar refractivity (Wildman–Crippen MR) is 115 cm³/mol. The lowest BCUT2D eigenvalue weighted by Crippen LogP contribution is -2.21. The molecule has 0 radical (unpaired) electrons. The Balaban J connectivity index is 1.87. The van der Waals surface area contributed by atoms with E-state index in [4.69, 9.17) is 22.1 Å². The van der Waals surface area contributed by atoms with Crippen molar-refractivity contribution in [2.75, 3.05) is 0 Å². The maximum atomic E-state index is 9.91. The van der Waals surface area contributed by atoms with Crippen LogP contribution in [0.4, 0.5) is 0 Å². The summed E-state index contributed by atoms with van der Waals surface area (Å²) < 4.78 is 5.81. The number of nitriles is 1. The minimum Gasteiger partial charge on any atom is -0.440 e. The summed E-state index contributed by atoms with van der Waals surface area (Å²) in [7, 11) is 0. The molecule has 1 atom stereocenters. The highest BCUT2D eigenvalue weighted by molar-refractivity contribution is 6.30. The third-order valence-corrected chi connectivity index (χ3v) is 5.68. The molecule has 0 fully saturated rings. The molecule has 0 saturated heterocycles.